The van der Waals surface area contributed by atoms with Crippen LogP contribution >= 0.6 is 12.4 Å². The van der Waals surface area contributed by atoms with Crippen LogP contribution in [-0.4, -0.2) is 47.2 Å². The van der Waals surface area contributed by atoms with Gasteiger partial charge in [0.05, 0.1) is 6.54 Å². The molecule has 21 heavy (non-hydrogen) atoms. The molecule has 2 N–H and O–H groups in total. The molecule has 7 heteroatoms. The smallest absolute Gasteiger partial charge is 0.410 e. The summed E-state index contributed by atoms with van der Waals surface area (Å²) >= 11 is 0. The average molecular weight is 315 g/mol. The van der Waals surface area contributed by atoms with Crippen LogP contribution in [0.25, 0.3) is 0 Å². The molecule has 1 atom stereocenters. The molecule has 1 aromatic rings. The van der Waals surface area contributed by atoms with Crippen molar-refractivity contribution in [2.24, 2.45) is 0 Å². The van der Waals surface area contributed by atoms with Crippen molar-refractivity contribution < 1.29 is 19.4 Å². The molecule has 0 saturated carbocycles. The monoisotopic (exact) mass is 314 g/mol. The Morgan fingerprint density at radius 3 is 2.67 bits per heavy atom. The molecule has 2 rings (SSSR count). The quantitative estimate of drug-likeness (QED) is 0.884. The number of hydrogen-bond donors (Lipinski definition) is 2. The molecule has 0 unspecified atom stereocenters. The van der Waals surface area contributed by atoms with Crippen LogP contribution in [0.15, 0.2) is 30.3 Å². The summed E-state index contributed by atoms with van der Waals surface area (Å²) < 4.78 is 5.21. The summed E-state index contributed by atoms with van der Waals surface area (Å²) in [6, 6.07) is 9.36. The summed E-state index contributed by atoms with van der Waals surface area (Å²) in [6.45, 7) is 2.72. The van der Waals surface area contributed by atoms with E-state index in [4.69, 9.17) is 9.84 Å². The van der Waals surface area contributed by atoms with Gasteiger partial charge in [0.25, 0.3) is 0 Å². The largest absolute Gasteiger partial charge is 0.480 e. The molecule has 0 spiro atoms. The van der Waals surface area contributed by atoms with Crippen LogP contribution in [0.5, 0.6) is 0 Å². The van der Waals surface area contributed by atoms with Crippen LogP contribution in [0.3, 0.4) is 0 Å². The van der Waals surface area contributed by atoms with E-state index >= 15 is 0 Å². The first-order valence-electron chi connectivity index (χ1n) is 6.45. The van der Waals surface area contributed by atoms with E-state index in [0.717, 1.165) is 5.56 Å². The molecular formula is C14H19ClN2O4. The van der Waals surface area contributed by atoms with Crippen LogP contribution in [-0.2, 0) is 16.1 Å². The third kappa shape index (κ3) is 4.34. The maximum atomic E-state index is 12.0. The number of nitrogens with zero attached hydrogens (tertiary/aromatic N) is 1. The summed E-state index contributed by atoms with van der Waals surface area (Å²) in [4.78, 5) is 24.6. The van der Waals surface area contributed by atoms with Crippen LogP contribution in [0.1, 0.15) is 12.5 Å². The third-order valence-electron chi connectivity index (χ3n) is 3.34. The van der Waals surface area contributed by atoms with Gasteiger partial charge in [0, 0.05) is 13.1 Å². The molecule has 1 fully saturated rings. The molecule has 6 nitrogen and oxygen atoms in total. The summed E-state index contributed by atoms with van der Waals surface area (Å²) in [5.74, 6) is -0.974. The lowest BCUT2D eigenvalue weighted by Gasteiger charge is -2.37. The van der Waals surface area contributed by atoms with Crippen molar-refractivity contribution >= 4 is 24.5 Å². The highest BCUT2D eigenvalue weighted by Crippen LogP contribution is 2.13. The van der Waals surface area contributed by atoms with Gasteiger partial charge in [-0.25, -0.2) is 4.79 Å². The Morgan fingerprint density at radius 1 is 1.38 bits per heavy atom. The van der Waals surface area contributed by atoms with E-state index in [1.54, 1.807) is 6.92 Å². The highest BCUT2D eigenvalue weighted by atomic mass is 35.5. The standard InChI is InChI=1S/C14H18N2O4.ClH/c1-14(12(17)18)10-16(8-7-15-14)13(19)20-9-11-5-3-2-4-6-11;/h2-6,15H,7-10H2,1H3,(H,17,18);1H/t14-;/m1./s1. The number of carboxylic acid groups (broad SMARTS) is 1. The lowest BCUT2D eigenvalue weighted by Crippen LogP contribution is -2.63. The fourth-order valence-electron chi connectivity index (χ4n) is 2.09. The SMILES string of the molecule is C[C@]1(C(=O)O)CN(C(=O)OCc2ccccc2)CCN1.Cl. The van der Waals surface area contributed by atoms with Gasteiger partial charge in [-0.3, -0.25) is 10.1 Å². The number of rotatable bonds is 3. The molecule has 116 valence electrons. The van der Waals surface area contributed by atoms with Gasteiger partial charge >= 0.3 is 12.1 Å². The molecule has 0 aliphatic carbocycles. The summed E-state index contributed by atoms with van der Waals surface area (Å²) in [5, 5.41) is 12.1. The topological polar surface area (TPSA) is 78.9 Å². The molecule has 0 bridgehead atoms. The molecule has 1 amide bonds. The van der Waals surface area contributed by atoms with Crippen molar-refractivity contribution in [2.45, 2.75) is 19.1 Å². The average Bonchev–Trinajstić information content (AvgIpc) is 2.46. The van der Waals surface area contributed by atoms with Crippen LogP contribution in [0.2, 0.25) is 0 Å². The minimum atomic E-state index is -1.12. The molecule has 0 radical (unpaired) electrons. The van der Waals surface area contributed by atoms with E-state index in [1.165, 1.54) is 4.90 Å². The Morgan fingerprint density at radius 2 is 2.05 bits per heavy atom. The number of hydrogen-bond acceptors (Lipinski definition) is 4. The number of piperazine rings is 1. The lowest BCUT2D eigenvalue weighted by atomic mass is 10.00. The molecule has 0 aromatic heterocycles. The number of nitrogens with one attached hydrogen (secondary N) is 1. The second-order valence-electron chi connectivity index (χ2n) is 5.03. The number of amides is 1. The number of carbonyl (C=O) groups is 2. The zero-order chi connectivity index (χ0) is 14.6. The first-order chi connectivity index (χ1) is 9.51. The zero-order valence-corrected chi connectivity index (χ0v) is 12.6. The van der Waals surface area contributed by atoms with Crippen LogP contribution < -0.4 is 5.32 Å². The number of benzene rings is 1. The molecule has 1 aliphatic heterocycles. The Balaban J connectivity index is 0.00000220. The van der Waals surface area contributed by atoms with Gasteiger partial charge in [0.1, 0.15) is 12.1 Å². The number of ether oxygens (including phenoxy) is 1. The van der Waals surface area contributed by atoms with Crippen molar-refractivity contribution in [2.75, 3.05) is 19.6 Å². The van der Waals surface area contributed by atoms with E-state index < -0.39 is 17.6 Å². The van der Waals surface area contributed by atoms with Crippen molar-refractivity contribution in [3.63, 3.8) is 0 Å². The second-order valence-corrected chi connectivity index (χ2v) is 5.03. The molecule has 1 saturated heterocycles. The zero-order valence-electron chi connectivity index (χ0n) is 11.7. The van der Waals surface area contributed by atoms with Crippen molar-refractivity contribution in [1.82, 2.24) is 10.2 Å². The minimum absolute atomic E-state index is 0. The van der Waals surface area contributed by atoms with Gasteiger partial charge in [0.2, 0.25) is 0 Å². The van der Waals surface area contributed by atoms with Crippen molar-refractivity contribution in [3.05, 3.63) is 35.9 Å². The normalized spacial score (nSPS) is 21.3. The van der Waals surface area contributed by atoms with Gasteiger partial charge in [-0.15, -0.1) is 12.4 Å². The van der Waals surface area contributed by atoms with Gasteiger partial charge < -0.3 is 14.7 Å². The van der Waals surface area contributed by atoms with E-state index in [0.29, 0.717) is 13.1 Å². The Hall–Kier alpha value is -1.79. The lowest BCUT2D eigenvalue weighted by molar-refractivity contribution is -0.145. The molecule has 1 aromatic carbocycles. The van der Waals surface area contributed by atoms with E-state index in [1.807, 2.05) is 30.3 Å². The van der Waals surface area contributed by atoms with Gasteiger partial charge in [-0.05, 0) is 12.5 Å². The fraction of sp³-hybridized carbons (Fsp3) is 0.429. The van der Waals surface area contributed by atoms with E-state index in [9.17, 15) is 9.59 Å². The predicted octanol–water partition coefficient (Wildman–Crippen LogP) is 1.49. The Kier molecular flexibility index (Phi) is 5.99. The first kappa shape index (κ1) is 17.3. The molecule has 1 aliphatic rings. The summed E-state index contributed by atoms with van der Waals surface area (Å²) in [6.07, 6.45) is -0.483. The van der Waals surface area contributed by atoms with Crippen LogP contribution in [0, 0.1) is 0 Å². The number of aliphatic carboxylic acids is 1. The summed E-state index contributed by atoms with van der Waals surface area (Å²) in [7, 11) is 0. The highest BCUT2D eigenvalue weighted by molar-refractivity contribution is 5.85. The number of carbonyl (C=O) groups excluding carboxylic acids is 1. The maximum Gasteiger partial charge on any atom is 0.410 e. The second kappa shape index (κ2) is 7.28. The minimum Gasteiger partial charge on any atom is -0.480 e. The summed E-state index contributed by atoms with van der Waals surface area (Å²) in [5.41, 5.74) is -0.221. The van der Waals surface area contributed by atoms with Gasteiger partial charge in [-0.2, -0.15) is 0 Å². The molecule has 1 heterocycles. The van der Waals surface area contributed by atoms with Crippen molar-refractivity contribution in [3.8, 4) is 0 Å². The maximum absolute atomic E-state index is 12.0. The Labute approximate surface area is 129 Å². The van der Waals surface area contributed by atoms with E-state index in [2.05, 4.69) is 5.32 Å². The fourth-order valence-corrected chi connectivity index (χ4v) is 2.09. The van der Waals surface area contributed by atoms with Crippen molar-refractivity contribution in [1.29, 1.82) is 0 Å². The predicted molar refractivity (Wildman–Crippen MR) is 79.5 cm³/mol. The van der Waals surface area contributed by atoms with Gasteiger partial charge in [0.15, 0.2) is 0 Å². The van der Waals surface area contributed by atoms with Crippen LogP contribution in [0.4, 0.5) is 4.79 Å². The molecular weight excluding hydrogens is 296 g/mol. The van der Waals surface area contributed by atoms with E-state index in [-0.39, 0.29) is 25.6 Å². The third-order valence-corrected chi connectivity index (χ3v) is 3.34. The number of halogens is 1. The highest BCUT2D eigenvalue weighted by Gasteiger charge is 2.39. The number of carboxylic acids is 1. The van der Waals surface area contributed by atoms with Gasteiger partial charge in [-0.1, -0.05) is 30.3 Å². The Bertz CT molecular complexity index is 497. The first-order valence-corrected chi connectivity index (χ1v) is 6.45.